The van der Waals surface area contributed by atoms with Crippen molar-refractivity contribution in [2.75, 3.05) is 0 Å². The summed E-state index contributed by atoms with van der Waals surface area (Å²) in [4.78, 5) is 11.4. The van der Waals surface area contributed by atoms with Gasteiger partial charge in [0.05, 0.1) is 12.1 Å². The molecule has 1 fully saturated rings. The lowest BCUT2D eigenvalue weighted by atomic mass is 9.69. The first kappa shape index (κ1) is 13.1. The SMILES string of the molecule is CC(C)C1CCC(C(=O)O)C(c2cnn(C)c2)C1. The van der Waals surface area contributed by atoms with Crippen molar-refractivity contribution in [2.24, 2.45) is 24.8 Å². The summed E-state index contributed by atoms with van der Waals surface area (Å²) in [7, 11) is 1.88. The summed E-state index contributed by atoms with van der Waals surface area (Å²) in [5.74, 6) is 0.470. The van der Waals surface area contributed by atoms with Gasteiger partial charge in [0.15, 0.2) is 0 Å². The topological polar surface area (TPSA) is 55.1 Å². The molecule has 1 aromatic rings. The predicted octanol–water partition coefficient (Wildman–Crippen LogP) is 2.66. The Balaban J connectivity index is 2.22. The zero-order valence-corrected chi connectivity index (χ0v) is 11.3. The van der Waals surface area contributed by atoms with E-state index >= 15 is 0 Å². The van der Waals surface area contributed by atoms with Crippen LogP contribution in [0.1, 0.15) is 44.6 Å². The summed E-state index contributed by atoms with van der Waals surface area (Å²) in [6.45, 7) is 4.46. The van der Waals surface area contributed by atoms with Crippen molar-refractivity contribution < 1.29 is 9.90 Å². The Kier molecular flexibility index (Phi) is 3.73. The van der Waals surface area contributed by atoms with Crippen molar-refractivity contribution in [3.8, 4) is 0 Å². The van der Waals surface area contributed by atoms with Gasteiger partial charge in [-0.2, -0.15) is 5.10 Å². The van der Waals surface area contributed by atoms with E-state index in [1.165, 1.54) is 0 Å². The van der Waals surface area contributed by atoms with Crippen molar-refractivity contribution in [1.82, 2.24) is 9.78 Å². The number of carboxylic acid groups (broad SMARTS) is 1. The van der Waals surface area contributed by atoms with Crippen molar-refractivity contribution in [3.05, 3.63) is 18.0 Å². The van der Waals surface area contributed by atoms with Crippen LogP contribution in [0.25, 0.3) is 0 Å². The molecular weight excluding hydrogens is 228 g/mol. The third-order valence-corrected chi connectivity index (χ3v) is 4.30. The van der Waals surface area contributed by atoms with Crippen LogP contribution in [0, 0.1) is 17.8 Å². The van der Waals surface area contributed by atoms with Gasteiger partial charge in [-0.1, -0.05) is 13.8 Å². The van der Waals surface area contributed by atoms with Crippen molar-refractivity contribution in [1.29, 1.82) is 0 Å². The minimum absolute atomic E-state index is 0.123. The van der Waals surface area contributed by atoms with E-state index in [9.17, 15) is 9.90 Å². The molecule has 1 aromatic heterocycles. The monoisotopic (exact) mass is 250 g/mol. The lowest BCUT2D eigenvalue weighted by molar-refractivity contribution is -0.144. The molecule has 18 heavy (non-hydrogen) atoms. The Morgan fingerprint density at radius 1 is 1.50 bits per heavy atom. The number of rotatable bonds is 3. The molecule has 0 spiro atoms. The minimum Gasteiger partial charge on any atom is -0.481 e. The van der Waals surface area contributed by atoms with Crippen LogP contribution in [0.2, 0.25) is 0 Å². The minimum atomic E-state index is -0.661. The number of aliphatic carboxylic acids is 1. The third kappa shape index (κ3) is 2.57. The second-order valence-corrected chi connectivity index (χ2v) is 5.82. The summed E-state index contributed by atoms with van der Waals surface area (Å²) in [5, 5.41) is 13.6. The Morgan fingerprint density at radius 2 is 2.22 bits per heavy atom. The van der Waals surface area contributed by atoms with Crippen LogP contribution in [0.3, 0.4) is 0 Å². The van der Waals surface area contributed by atoms with Gasteiger partial charge in [-0.05, 0) is 36.7 Å². The molecule has 0 radical (unpaired) electrons. The van der Waals surface area contributed by atoms with Crippen molar-refractivity contribution in [2.45, 2.75) is 39.0 Å². The van der Waals surface area contributed by atoms with E-state index in [4.69, 9.17) is 0 Å². The average molecular weight is 250 g/mol. The molecule has 3 unspecified atom stereocenters. The maximum absolute atomic E-state index is 11.4. The van der Waals surface area contributed by atoms with Gasteiger partial charge in [-0.15, -0.1) is 0 Å². The fourth-order valence-electron chi connectivity index (χ4n) is 3.10. The number of aryl methyl sites for hydroxylation is 1. The standard InChI is InChI=1S/C14H22N2O2/c1-9(2)10-4-5-12(14(17)18)13(6-10)11-7-15-16(3)8-11/h7-10,12-13H,4-6H2,1-3H3,(H,17,18). The largest absolute Gasteiger partial charge is 0.481 e. The highest BCUT2D eigenvalue weighted by Gasteiger charge is 2.37. The van der Waals surface area contributed by atoms with Crippen molar-refractivity contribution >= 4 is 5.97 Å². The molecule has 4 nitrogen and oxygen atoms in total. The van der Waals surface area contributed by atoms with Crippen LogP contribution in [-0.4, -0.2) is 20.9 Å². The highest BCUT2D eigenvalue weighted by Crippen LogP contribution is 2.43. The van der Waals surface area contributed by atoms with Crippen LogP contribution < -0.4 is 0 Å². The van der Waals surface area contributed by atoms with Gasteiger partial charge in [-0.3, -0.25) is 9.48 Å². The summed E-state index contributed by atoms with van der Waals surface area (Å²) < 4.78 is 1.76. The van der Waals surface area contributed by atoms with E-state index in [0.717, 1.165) is 24.8 Å². The first-order valence-corrected chi connectivity index (χ1v) is 6.70. The highest BCUT2D eigenvalue weighted by atomic mass is 16.4. The van der Waals surface area contributed by atoms with Crippen molar-refractivity contribution in [3.63, 3.8) is 0 Å². The fourth-order valence-corrected chi connectivity index (χ4v) is 3.10. The molecule has 0 aliphatic heterocycles. The maximum Gasteiger partial charge on any atom is 0.307 e. The fraction of sp³-hybridized carbons (Fsp3) is 0.714. The Bertz CT molecular complexity index is 425. The first-order valence-electron chi connectivity index (χ1n) is 6.70. The molecule has 2 rings (SSSR count). The van der Waals surface area contributed by atoms with Gasteiger partial charge in [0.1, 0.15) is 0 Å². The number of hydrogen-bond donors (Lipinski definition) is 1. The van der Waals surface area contributed by atoms with E-state index in [0.29, 0.717) is 11.8 Å². The lowest BCUT2D eigenvalue weighted by Gasteiger charge is -2.35. The normalized spacial score (nSPS) is 28.6. The van der Waals surface area contributed by atoms with E-state index in [2.05, 4.69) is 18.9 Å². The predicted molar refractivity (Wildman–Crippen MR) is 69.3 cm³/mol. The molecule has 0 saturated heterocycles. The number of carboxylic acids is 1. The van der Waals surface area contributed by atoms with Gasteiger partial charge in [0.2, 0.25) is 0 Å². The zero-order chi connectivity index (χ0) is 13.3. The number of hydrogen-bond acceptors (Lipinski definition) is 2. The molecule has 1 aliphatic rings. The van der Waals surface area contributed by atoms with Crippen LogP contribution in [0.5, 0.6) is 0 Å². The number of nitrogens with zero attached hydrogens (tertiary/aromatic N) is 2. The smallest absolute Gasteiger partial charge is 0.307 e. The quantitative estimate of drug-likeness (QED) is 0.897. The maximum atomic E-state index is 11.4. The summed E-state index contributed by atoms with van der Waals surface area (Å²) in [6.07, 6.45) is 6.58. The average Bonchev–Trinajstić information content (AvgIpc) is 2.74. The molecule has 4 heteroatoms. The molecule has 1 heterocycles. The summed E-state index contributed by atoms with van der Waals surface area (Å²) in [5.41, 5.74) is 1.08. The molecule has 0 amide bonds. The molecule has 0 aromatic carbocycles. The number of carbonyl (C=O) groups is 1. The Morgan fingerprint density at radius 3 is 2.72 bits per heavy atom. The van der Waals surface area contributed by atoms with E-state index in [1.54, 1.807) is 4.68 Å². The third-order valence-electron chi connectivity index (χ3n) is 4.30. The molecule has 1 N–H and O–H groups in total. The Hall–Kier alpha value is -1.32. The molecule has 3 atom stereocenters. The van der Waals surface area contributed by atoms with Crippen LogP contribution in [0.15, 0.2) is 12.4 Å². The highest BCUT2D eigenvalue weighted by molar-refractivity contribution is 5.71. The molecule has 1 aliphatic carbocycles. The van der Waals surface area contributed by atoms with E-state index in [1.807, 2.05) is 19.4 Å². The summed E-state index contributed by atoms with van der Waals surface area (Å²) >= 11 is 0. The summed E-state index contributed by atoms with van der Waals surface area (Å²) in [6, 6.07) is 0. The molecule has 0 bridgehead atoms. The lowest BCUT2D eigenvalue weighted by Crippen LogP contribution is -2.30. The van der Waals surface area contributed by atoms with Gasteiger partial charge in [-0.25, -0.2) is 0 Å². The van der Waals surface area contributed by atoms with E-state index in [-0.39, 0.29) is 11.8 Å². The van der Waals surface area contributed by atoms with E-state index < -0.39 is 5.97 Å². The van der Waals surface area contributed by atoms with Crippen LogP contribution >= 0.6 is 0 Å². The molecule has 100 valence electrons. The molecular formula is C14H22N2O2. The number of aromatic nitrogens is 2. The van der Waals surface area contributed by atoms with Gasteiger partial charge in [0.25, 0.3) is 0 Å². The van der Waals surface area contributed by atoms with Gasteiger partial charge >= 0.3 is 5.97 Å². The zero-order valence-electron chi connectivity index (χ0n) is 11.3. The second-order valence-electron chi connectivity index (χ2n) is 5.82. The first-order chi connectivity index (χ1) is 8.49. The van der Waals surface area contributed by atoms with Crippen LogP contribution in [0.4, 0.5) is 0 Å². The van der Waals surface area contributed by atoms with Gasteiger partial charge < -0.3 is 5.11 Å². The van der Waals surface area contributed by atoms with Gasteiger partial charge in [0, 0.05) is 19.2 Å². The second kappa shape index (κ2) is 5.12. The Labute approximate surface area is 108 Å². The van der Waals surface area contributed by atoms with Crippen LogP contribution in [-0.2, 0) is 11.8 Å². The molecule has 1 saturated carbocycles.